The molecule has 0 aliphatic carbocycles. The van der Waals surface area contributed by atoms with Crippen LogP contribution >= 0.6 is 0 Å². The molecule has 0 saturated heterocycles. The van der Waals surface area contributed by atoms with Gasteiger partial charge < -0.3 is 10.2 Å². The van der Waals surface area contributed by atoms with Gasteiger partial charge in [0.2, 0.25) is 0 Å². The van der Waals surface area contributed by atoms with Crippen molar-refractivity contribution in [2.75, 3.05) is 10.2 Å². The standard InChI is InChI=1S/C58H44N4/c1-38(29-39(2)31-46-15-16-47(34-49(46)36-59)42-11-7-5-8-12-42)27-28-61-54-24-19-44-18-23-53-56(26-20-45-17-22-52(54)57(44)58(45)53)62(51-32-40(3)30-41(4)33-51)55-25-21-48(35-50(55)37-60)43-13-9-6-10-14-43/h5-35,61H,1-4H3/b28-27+,38-29-,39-31-. The molecule has 0 aliphatic rings. The van der Waals surface area contributed by atoms with E-state index in [2.05, 4.69) is 177 Å². The van der Waals surface area contributed by atoms with Gasteiger partial charge in [-0.25, -0.2) is 0 Å². The number of anilines is 4. The second-order valence-electron chi connectivity index (χ2n) is 16.0. The van der Waals surface area contributed by atoms with Crippen LogP contribution in [0.5, 0.6) is 0 Å². The molecule has 0 saturated carbocycles. The molecule has 0 radical (unpaired) electrons. The van der Waals surface area contributed by atoms with E-state index in [4.69, 9.17) is 0 Å². The molecule has 1 N–H and O–H groups in total. The topological polar surface area (TPSA) is 62.9 Å². The van der Waals surface area contributed by atoms with Gasteiger partial charge in [-0.05, 0) is 142 Å². The maximum absolute atomic E-state index is 10.7. The monoisotopic (exact) mass is 796 g/mol. The van der Waals surface area contributed by atoms with E-state index in [1.54, 1.807) is 0 Å². The summed E-state index contributed by atoms with van der Waals surface area (Å²) in [5, 5.41) is 31.2. The Morgan fingerprint density at radius 3 is 1.76 bits per heavy atom. The average molecular weight is 797 g/mol. The number of rotatable bonds is 10. The van der Waals surface area contributed by atoms with E-state index in [0.29, 0.717) is 11.1 Å². The van der Waals surface area contributed by atoms with Gasteiger partial charge >= 0.3 is 0 Å². The van der Waals surface area contributed by atoms with Crippen LogP contribution in [0.1, 0.15) is 41.7 Å². The van der Waals surface area contributed by atoms with Crippen molar-refractivity contribution < 1.29 is 0 Å². The Morgan fingerprint density at radius 2 is 1.10 bits per heavy atom. The molecular formula is C58H44N4. The van der Waals surface area contributed by atoms with Gasteiger partial charge in [0.25, 0.3) is 0 Å². The lowest BCUT2D eigenvalue weighted by molar-refractivity contribution is 1.25. The summed E-state index contributed by atoms with van der Waals surface area (Å²) in [7, 11) is 0. The molecule has 0 aromatic heterocycles. The van der Waals surface area contributed by atoms with Gasteiger partial charge in [-0.15, -0.1) is 0 Å². The summed E-state index contributed by atoms with van der Waals surface area (Å²) >= 11 is 0. The molecule has 0 atom stereocenters. The van der Waals surface area contributed by atoms with Crippen LogP contribution in [0.4, 0.5) is 22.7 Å². The van der Waals surface area contributed by atoms with Crippen LogP contribution in [0.3, 0.4) is 0 Å². The minimum atomic E-state index is 0.605. The zero-order valence-corrected chi connectivity index (χ0v) is 35.2. The van der Waals surface area contributed by atoms with Gasteiger partial charge in [0.1, 0.15) is 6.07 Å². The van der Waals surface area contributed by atoms with Crippen LogP contribution in [-0.4, -0.2) is 0 Å². The highest BCUT2D eigenvalue weighted by molar-refractivity contribution is 6.27. The molecule has 0 aliphatic heterocycles. The number of nitrogens with zero attached hydrogens (tertiary/aromatic N) is 3. The number of nitrogens with one attached hydrogen (secondary N) is 1. The Kier molecular flexibility index (Phi) is 10.7. The number of nitriles is 2. The van der Waals surface area contributed by atoms with Crippen molar-refractivity contribution in [1.29, 1.82) is 10.5 Å². The highest BCUT2D eigenvalue weighted by Crippen LogP contribution is 2.46. The van der Waals surface area contributed by atoms with Crippen LogP contribution in [0, 0.1) is 36.5 Å². The predicted octanol–water partition coefficient (Wildman–Crippen LogP) is 15.7. The van der Waals surface area contributed by atoms with Crippen molar-refractivity contribution in [2.24, 2.45) is 0 Å². The zero-order valence-electron chi connectivity index (χ0n) is 35.2. The highest BCUT2D eigenvalue weighted by atomic mass is 15.1. The lowest BCUT2D eigenvalue weighted by Crippen LogP contribution is -2.13. The molecule has 62 heavy (non-hydrogen) atoms. The summed E-state index contributed by atoms with van der Waals surface area (Å²) in [5.74, 6) is 0. The molecule has 296 valence electrons. The summed E-state index contributed by atoms with van der Waals surface area (Å²) < 4.78 is 0. The normalized spacial score (nSPS) is 12.0. The van der Waals surface area contributed by atoms with Crippen LogP contribution in [0.2, 0.25) is 0 Å². The van der Waals surface area contributed by atoms with E-state index in [1.165, 1.54) is 10.8 Å². The van der Waals surface area contributed by atoms with E-state index in [9.17, 15) is 10.5 Å². The smallest absolute Gasteiger partial charge is 0.101 e. The third-order valence-electron chi connectivity index (χ3n) is 11.5. The minimum Gasteiger partial charge on any atom is -0.361 e. The highest BCUT2D eigenvalue weighted by Gasteiger charge is 2.22. The molecule has 0 fully saturated rings. The number of allylic oxidation sites excluding steroid dienone is 4. The maximum Gasteiger partial charge on any atom is 0.101 e. The van der Waals surface area contributed by atoms with Crippen molar-refractivity contribution in [3.63, 3.8) is 0 Å². The maximum atomic E-state index is 10.7. The van der Waals surface area contributed by atoms with Crippen molar-refractivity contribution in [1.82, 2.24) is 0 Å². The molecule has 0 bridgehead atoms. The van der Waals surface area contributed by atoms with E-state index in [-0.39, 0.29) is 0 Å². The van der Waals surface area contributed by atoms with E-state index in [0.717, 1.165) is 94.4 Å². The quantitative estimate of drug-likeness (QED) is 0.111. The predicted molar refractivity (Wildman–Crippen MR) is 261 cm³/mol. The molecule has 9 aromatic carbocycles. The van der Waals surface area contributed by atoms with Gasteiger partial charge in [0, 0.05) is 28.3 Å². The summed E-state index contributed by atoms with van der Waals surface area (Å²) in [4.78, 5) is 2.26. The first-order chi connectivity index (χ1) is 30.3. The van der Waals surface area contributed by atoms with Crippen molar-refractivity contribution in [3.8, 4) is 34.4 Å². The zero-order chi connectivity index (χ0) is 42.7. The number of aryl methyl sites for hydroxylation is 2. The van der Waals surface area contributed by atoms with Crippen molar-refractivity contribution in [3.05, 3.63) is 221 Å². The third kappa shape index (κ3) is 7.70. The van der Waals surface area contributed by atoms with Crippen LogP contribution in [0.25, 0.3) is 60.6 Å². The largest absolute Gasteiger partial charge is 0.361 e. The lowest BCUT2D eigenvalue weighted by Gasteiger charge is -2.29. The number of benzene rings is 9. The fourth-order valence-corrected chi connectivity index (χ4v) is 8.77. The lowest BCUT2D eigenvalue weighted by atomic mass is 9.92. The first kappa shape index (κ1) is 39.3. The molecule has 0 heterocycles. The Bertz CT molecular complexity index is 3300. The van der Waals surface area contributed by atoms with Crippen LogP contribution < -0.4 is 10.2 Å². The fourth-order valence-electron chi connectivity index (χ4n) is 8.77. The Hall–Kier alpha value is -8.18. The Balaban J connectivity index is 1.07. The fraction of sp³-hybridized carbons (Fsp3) is 0.0690. The van der Waals surface area contributed by atoms with Crippen LogP contribution in [0.15, 0.2) is 193 Å². The third-order valence-corrected chi connectivity index (χ3v) is 11.5. The van der Waals surface area contributed by atoms with E-state index < -0.39 is 0 Å². The molecular weight excluding hydrogens is 753 g/mol. The van der Waals surface area contributed by atoms with Gasteiger partial charge in [0.15, 0.2) is 0 Å². The second-order valence-corrected chi connectivity index (χ2v) is 16.0. The summed E-state index contributed by atoms with van der Waals surface area (Å²) in [6.07, 6.45) is 8.27. The van der Waals surface area contributed by atoms with Crippen LogP contribution in [-0.2, 0) is 0 Å². The summed E-state index contributed by atoms with van der Waals surface area (Å²) in [5.41, 5.74) is 14.7. The van der Waals surface area contributed by atoms with Crippen molar-refractivity contribution >= 4 is 61.1 Å². The van der Waals surface area contributed by atoms with Gasteiger partial charge in [-0.1, -0.05) is 139 Å². The first-order valence-electron chi connectivity index (χ1n) is 20.9. The van der Waals surface area contributed by atoms with E-state index >= 15 is 0 Å². The van der Waals surface area contributed by atoms with E-state index in [1.807, 2.05) is 60.8 Å². The van der Waals surface area contributed by atoms with Gasteiger partial charge in [-0.2, -0.15) is 10.5 Å². The average Bonchev–Trinajstić information content (AvgIpc) is 3.29. The molecule has 9 aromatic rings. The molecule has 0 unspecified atom stereocenters. The Labute approximate surface area is 363 Å². The molecule has 0 spiro atoms. The minimum absolute atomic E-state index is 0.605. The SMILES string of the molecule is CC(=C/c1ccc(-c2ccccc2)cc1C#N)/C=C(C)\C=C\Nc1ccc2ccc3c(N(c4cc(C)cc(C)c4)c4ccc(-c5ccccc5)cc4C#N)ccc4ccc1c2c43. The second kappa shape index (κ2) is 16.8. The summed E-state index contributed by atoms with van der Waals surface area (Å²) in [6, 6.07) is 61.7. The van der Waals surface area contributed by atoms with Gasteiger partial charge in [0.05, 0.1) is 28.6 Å². The Morgan fingerprint density at radius 1 is 0.532 bits per heavy atom. The first-order valence-corrected chi connectivity index (χ1v) is 20.9. The number of hydrogen-bond donors (Lipinski definition) is 1. The molecule has 0 amide bonds. The molecule has 4 nitrogen and oxygen atoms in total. The van der Waals surface area contributed by atoms with Crippen molar-refractivity contribution in [2.45, 2.75) is 27.7 Å². The molecule has 4 heteroatoms. The summed E-state index contributed by atoms with van der Waals surface area (Å²) in [6.45, 7) is 8.39. The molecule has 9 rings (SSSR count). The van der Waals surface area contributed by atoms with Gasteiger partial charge in [-0.3, -0.25) is 0 Å². The number of hydrogen-bond acceptors (Lipinski definition) is 4.